The topological polar surface area (TPSA) is 6.48 Å². The van der Waals surface area contributed by atoms with Gasteiger partial charge in [0.15, 0.2) is 0 Å². The summed E-state index contributed by atoms with van der Waals surface area (Å²) in [7, 11) is 0. The van der Waals surface area contributed by atoms with Crippen molar-refractivity contribution >= 4 is 22.7 Å². The molecule has 0 aromatic heterocycles. The number of hydrogen-bond acceptors (Lipinski definition) is 2. The largest absolute Gasteiger partial charge is 0.338 e. The first kappa shape index (κ1) is 13.9. The van der Waals surface area contributed by atoms with Crippen LogP contribution in [0.25, 0.3) is 0 Å². The zero-order valence-electron chi connectivity index (χ0n) is 13.3. The summed E-state index contributed by atoms with van der Waals surface area (Å²) in [5.41, 5.74) is 6.36. The van der Waals surface area contributed by atoms with Crippen molar-refractivity contribution in [1.82, 2.24) is 0 Å². The van der Waals surface area contributed by atoms with Gasteiger partial charge in [-0.2, -0.15) is 0 Å². The summed E-state index contributed by atoms with van der Waals surface area (Å²) in [4.78, 5) is 4.83. The van der Waals surface area contributed by atoms with Crippen LogP contribution in [0.5, 0.6) is 0 Å². The number of aryl methyl sites for hydroxylation is 1. The van der Waals surface area contributed by atoms with Crippen LogP contribution in [0.4, 0.5) is 22.7 Å². The fraction of sp³-hybridized carbons (Fsp3) is 0.143. The first-order chi connectivity index (χ1) is 11.3. The van der Waals surface area contributed by atoms with Crippen LogP contribution in [0.3, 0.4) is 0 Å². The molecule has 2 heteroatoms. The van der Waals surface area contributed by atoms with E-state index in [0.717, 1.165) is 13.1 Å². The Morgan fingerprint density at radius 3 is 1.70 bits per heavy atom. The molecule has 0 radical (unpaired) electrons. The van der Waals surface area contributed by atoms with Gasteiger partial charge >= 0.3 is 0 Å². The first-order valence-corrected chi connectivity index (χ1v) is 8.09. The van der Waals surface area contributed by atoms with Gasteiger partial charge in [-0.1, -0.05) is 42.5 Å². The van der Waals surface area contributed by atoms with Gasteiger partial charge < -0.3 is 9.80 Å². The van der Waals surface area contributed by atoms with E-state index in [1.807, 2.05) is 0 Å². The standard InChI is InChI=1S/C21H20N2/c1-17-12-13-20-21(16-17)23(19-10-6-3-7-11-19)15-14-22(20)18-8-4-2-5-9-18/h2-13,16H,14-15H2,1H3. The number of nitrogens with zero attached hydrogens (tertiary/aromatic N) is 2. The van der Waals surface area contributed by atoms with Crippen molar-refractivity contribution in [2.24, 2.45) is 0 Å². The summed E-state index contributed by atoms with van der Waals surface area (Å²) < 4.78 is 0. The van der Waals surface area contributed by atoms with Crippen LogP contribution >= 0.6 is 0 Å². The molecule has 0 atom stereocenters. The van der Waals surface area contributed by atoms with Gasteiger partial charge in [-0.15, -0.1) is 0 Å². The molecule has 23 heavy (non-hydrogen) atoms. The average Bonchev–Trinajstić information content (AvgIpc) is 2.62. The molecule has 0 spiro atoms. The molecule has 0 aliphatic carbocycles. The van der Waals surface area contributed by atoms with E-state index in [4.69, 9.17) is 0 Å². The lowest BCUT2D eigenvalue weighted by Crippen LogP contribution is -2.36. The lowest BCUT2D eigenvalue weighted by Gasteiger charge is -2.39. The quantitative estimate of drug-likeness (QED) is 0.635. The van der Waals surface area contributed by atoms with Crippen LogP contribution in [0, 0.1) is 6.92 Å². The second-order valence-electron chi connectivity index (χ2n) is 5.97. The van der Waals surface area contributed by atoms with Crippen molar-refractivity contribution in [1.29, 1.82) is 0 Å². The minimum atomic E-state index is 0.981. The number of benzene rings is 3. The van der Waals surface area contributed by atoms with Gasteiger partial charge in [-0.05, 0) is 48.9 Å². The molecular weight excluding hydrogens is 280 g/mol. The van der Waals surface area contributed by atoms with Gasteiger partial charge in [0.25, 0.3) is 0 Å². The van der Waals surface area contributed by atoms with Crippen molar-refractivity contribution in [2.45, 2.75) is 6.92 Å². The highest BCUT2D eigenvalue weighted by Gasteiger charge is 2.24. The van der Waals surface area contributed by atoms with Crippen molar-refractivity contribution in [3.8, 4) is 0 Å². The van der Waals surface area contributed by atoms with Crippen LogP contribution in [0.1, 0.15) is 5.56 Å². The Balaban J connectivity index is 1.82. The van der Waals surface area contributed by atoms with Gasteiger partial charge in [0.05, 0.1) is 11.4 Å². The maximum absolute atomic E-state index is 2.42. The van der Waals surface area contributed by atoms with Crippen LogP contribution in [0.2, 0.25) is 0 Å². The Morgan fingerprint density at radius 1 is 0.609 bits per heavy atom. The Hall–Kier alpha value is -2.74. The smallest absolute Gasteiger partial charge is 0.0655 e. The highest BCUT2D eigenvalue weighted by molar-refractivity contribution is 5.84. The van der Waals surface area contributed by atoms with Gasteiger partial charge in [-0.25, -0.2) is 0 Å². The fourth-order valence-corrected chi connectivity index (χ4v) is 3.27. The van der Waals surface area contributed by atoms with E-state index >= 15 is 0 Å². The molecule has 3 aromatic rings. The molecule has 2 nitrogen and oxygen atoms in total. The summed E-state index contributed by atoms with van der Waals surface area (Å²) in [6, 6.07) is 28.0. The zero-order valence-corrected chi connectivity index (χ0v) is 13.3. The lowest BCUT2D eigenvalue weighted by molar-refractivity contribution is 0.849. The van der Waals surface area contributed by atoms with Crippen LogP contribution in [0.15, 0.2) is 78.9 Å². The SMILES string of the molecule is Cc1ccc2c(c1)N(c1ccccc1)CCN2c1ccccc1. The average molecular weight is 300 g/mol. The molecule has 0 saturated carbocycles. The molecule has 1 heterocycles. The van der Waals surface area contributed by atoms with Crippen molar-refractivity contribution in [3.63, 3.8) is 0 Å². The molecule has 0 bridgehead atoms. The maximum atomic E-state index is 2.42. The Kier molecular flexibility index (Phi) is 3.51. The van der Waals surface area contributed by atoms with E-state index in [-0.39, 0.29) is 0 Å². The molecule has 1 aliphatic heterocycles. The second kappa shape index (κ2) is 5.81. The predicted molar refractivity (Wildman–Crippen MR) is 98.1 cm³/mol. The molecule has 0 unspecified atom stereocenters. The van der Waals surface area contributed by atoms with E-state index in [0.29, 0.717) is 0 Å². The van der Waals surface area contributed by atoms with Crippen LogP contribution in [-0.4, -0.2) is 13.1 Å². The third-order valence-electron chi connectivity index (χ3n) is 4.40. The summed E-state index contributed by atoms with van der Waals surface area (Å²) in [6.45, 7) is 4.12. The number of fused-ring (bicyclic) bond motifs is 1. The Labute approximate surface area is 137 Å². The van der Waals surface area contributed by atoms with Crippen molar-refractivity contribution in [3.05, 3.63) is 84.4 Å². The Bertz CT molecular complexity index is 797. The molecule has 0 amide bonds. The predicted octanol–water partition coefficient (Wildman–Crippen LogP) is 5.28. The number of hydrogen-bond donors (Lipinski definition) is 0. The van der Waals surface area contributed by atoms with E-state index in [9.17, 15) is 0 Å². The number of rotatable bonds is 2. The number of para-hydroxylation sites is 2. The molecule has 0 N–H and O–H groups in total. The molecule has 3 aromatic carbocycles. The summed E-state index contributed by atoms with van der Waals surface area (Å²) in [5.74, 6) is 0. The third-order valence-corrected chi connectivity index (χ3v) is 4.40. The second-order valence-corrected chi connectivity index (χ2v) is 5.97. The summed E-state index contributed by atoms with van der Waals surface area (Å²) >= 11 is 0. The van der Waals surface area contributed by atoms with Crippen molar-refractivity contribution in [2.75, 3.05) is 22.9 Å². The van der Waals surface area contributed by atoms with E-state index < -0.39 is 0 Å². The van der Waals surface area contributed by atoms with E-state index in [1.54, 1.807) is 0 Å². The van der Waals surface area contributed by atoms with Crippen LogP contribution in [-0.2, 0) is 0 Å². The summed E-state index contributed by atoms with van der Waals surface area (Å²) in [5, 5.41) is 0. The highest BCUT2D eigenvalue weighted by Crippen LogP contribution is 2.41. The van der Waals surface area contributed by atoms with Gasteiger partial charge in [0.2, 0.25) is 0 Å². The minimum absolute atomic E-state index is 0.981. The minimum Gasteiger partial charge on any atom is -0.338 e. The Morgan fingerprint density at radius 2 is 1.13 bits per heavy atom. The molecule has 114 valence electrons. The number of anilines is 4. The first-order valence-electron chi connectivity index (χ1n) is 8.09. The molecule has 1 aliphatic rings. The zero-order chi connectivity index (χ0) is 15.6. The van der Waals surface area contributed by atoms with Crippen LogP contribution < -0.4 is 9.80 Å². The monoisotopic (exact) mass is 300 g/mol. The normalized spacial score (nSPS) is 13.8. The molecule has 0 saturated heterocycles. The van der Waals surface area contributed by atoms with Gasteiger partial charge in [0, 0.05) is 24.5 Å². The lowest BCUT2D eigenvalue weighted by atomic mass is 10.1. The van der Waals surface area contributed by atoms with E-state index in [2.05, 4.69) is 95.6 Å². The van der Waals surface area contributed by atoms with E-state index in [1.165, 1.54) is 28.3 Å². The fourth-order valence-electron chi connectivity index (χ4n) is 3.27. The van der Waals surface area contributed by atoms with Crippen molar-refractivity contribution < 1.29 is 0 Å². The maximum Gasteiger partial charge on any atom is 0.0655 e. The molecule has 4 rings (SSSR count). The summed E-state index contributed by atoms with van der Waals surface area (Å²) in [6.07, 6.45) is 0. The van der Waals surface area contributed by atoms with Gasteiger partial charge in [-0.3, -0.25) is 0 Å². The molecular formula is C21H20N2. The van der Waals surface area contributed by atoms with Gasteiger partial charge in [0.1, 0.15) is 0 Å². The molecule has 0 fully saturated rings. The highest BCUT2D eigenvalue weighted by atomic mass is 15.3. The third kappa shape index (κ3) is 2.57.